The number of sulfonamides is 1. The minimum Gasteiger partial charge on any atom is -0.497 e. The first kappa shape index (κ1) is 17.5. The number of sulfone groups is 1. The second kappa shape index (κ2) is 6.69. The molecule has 124 valence electrons. The maximum absolute atomic E-state index is 12.2. The average molecular weight is 355 g/mol. The number of ether oxygens (including phenoxy) is 1. The zero-order chi connectivity index (χ0) is 17.1. The molecule has 6 nitrogen and oxygen atoms in total. The molecule has 0 saturated carbocycles. The van der Waals surface area contributed by atoms with Gasteiger partial charge in [-0.05, 0) is 42.0 Å². The highest BCUT2D eigenvalue weighted by atomic mass is 32.2. The number of methoxy groups -OCH3 is 1. The third kappa shape index (κ3) is 4.54. The summed E-state index contributed by atoms with van der Waals surface area (Å²) in [5.41, 5.74) is 0.662. The Morgan fingerprint density at radius 1 is 0.870 bits per heavy atom. The molecule has 2 rings (SSSR count). The van der Waals surface area contributed by atoms with E-state index in [0.717, 1.165) is 6.26 Å². The standard InChI is InChI=1S/C15H17NO5S2/c1-21-13-5-9-15(10-6-13)23(19,20)16-11-12-3-7-14(8-4-12)22(2,17)18/h3-10,16H,11H2,1-2H3. The van der Waals surface area contributed by atoms with Gasteiger partial charge in [0.1, 0.15) is 5.75 Å². The smallest absolute Gasteiger partial charge is 0.240 e. The first-order valence-electron chi connectivity index (χ1n) is 6.65. The second-order valence-electron chi connectivity index (χ2n) is 4.92. The lowest BCUT2D eigenvalue weighted by molar-refractivity contribution is 0.414. The van der Waals surface area contributed by atoms with Gasteiger partial charge in [-0.25, -0.2) is 21.6 Å². The predicted octanol–water partition coefficient (Wildman–Crippen LogP) is 1.58. The van der Waals surface area contributed by atoms with Crippen molar-refractivity contribution in [1.82, 2.24) is 4.72 Å². The lowest BCUT2D eigenvalue weighted by Gasteiger charge is -2.08. The fourth-order valence-corrected chi connectivity index (χ4v) is 3.52. The lowest BCUT2D eigenvalue weighted by atomic mass is 10.2. The molecule has 0 spiro atoms. The third-order valence-electron chi connectivity index (χ3n) is 3.19. The number of rotatable bonds is 6. The number of hydrogen-bond donors (Lipinski definition) is 1. The molecule has 0 amide bonds. The zero-order valence-corrected chi connectivity index (χ0v) is 14.3. The second-order valence-corrected chi connectivity index (χ2v) is 8.70. The molecule has 2 aromatic rings. The van der Waals surface area contributed by atoms with Gasteiger partial charge in [0.05, 0.1) is 16.9 Å². The van der Waals surface area contributed by atoms with Crippen LogP contribution >= 0.6 is 0 Å². The number of hydrogen-bond acceptors (Lipinski definition) is 5. The number of benzene rings is 2. The first-order chi connectivity index (χ1) is 10.7. The van der Waals surface area contributed by atoms with Crippen molar-refractivity contribution in [2.75, 3.05) is 13.4 Å². The van der Waals surface area contributed by atoms with Crippen LogP contribution in [0.2, 0.25) is 0 Å². The summed E-state index contributed by atoms with van der Waals surface area (Å²) >= 11 is 0. The topological polar surface area (TPSA) is 89.5 Å². The van der Waals surface area contributed by atoms with Crippen LogP contribution in [-0.4, -0.2) is 30.2 Å². The van der Waals surface area contributed by atoms with E-state index < -0.39 is 19.9 Å². The van der Waals surface area contributed by atoms with Crippen molar-refractivity contribution >= 4 is 19.9 Å². The van der Waals surface area contributed by atoms with E-state index in [9.17, 15) is 16.8 Å². The van der Waals surface area contributed by atoms with Crippen LogP contribution in [0.5, 0.6) is 5.75 Å². The van der Waals surface area contributed by atoms with Crippen LogP contribution in [0.4, 0.5) is 0 Å². The maximum Gasteiger partial charge on any atom is 0.240 e. The minimum atomic E-state index is -3.65. The van der Waals surface area contributed by atoms with E-state index in [2.05, 4.69) is 4.72 Å². The van der Waals surface area contributed by atoms with Crippen molar-refractivity contribution in [3.63, 3.8) is 0 Å². The molecule has 0 saturated heterocycles. The molecule has 0 bridgehead atoms. The summed E-state index contributed by atoms with van der Waals surface area (Å²) in [7, 11) is -5.41. The van der Waals surface area contributed by atoms with Gasteiger partial charge in [-0.2, -0.15) is 0 Å². The van der Waals surface area contributed by atoms with Crippen LogP contribution < -0.4 is 9.46 Å². The van der Waals surface area contributed by atoms with Gasteiger partial charge in [0.25, 0.3) is 0 Å². The van der Waals surface area contributed by atoms with Gasteiger partial charge in [0, 0.05) is 12.8 Å². The Kier molecular flexibility index (Phi) is 5.08. The van der Waals surface area contributed by atoms with E-state index in [1.54, 1.807) is 24.3 Å². The highest BCUT2D eigenvalue weighted by Gasteiger charge is 2.14. The Labute approximate surface area is 136 Å². The molecule has 2 aromatic carbocycles. The SMILES string of the molecule is COc1ccc(S(=O)(=O)NCc2ccc(S(C)(=O)=O)cc2)cc1. The monoisotopic (exact) mass is 355 g/mol. The fraction of sp³-hybridized carbons (Fsp3) is 0.200. The summed E-state index contributed by atoms with van der Waals surface area (Å²) in [4.78, 5) is 0.324. The van der Waals surface area contributed by atoms with Crippen molar-refractivity contribution < 1.29 is 21.6 Å². The summed E-state index contributed by atoms with van der Waals surface area (Å²) in [5.74, 6) is 0.570. The van der Waals surface area contributed by atoms with Crippen LogP contribution in [0.25, 0.3) is 0 Å². The lowest BCUT2D eigenvalue weighted by Crippen LogP contribution is -2.23. The molecule has 1 N–H and O–H groups in total. The molecule has 23 heavy (non-hydrogen) atoms. The predicted molar refractivity (Wildman–Crippen MR) is 86.6 cm³/mol. The van der Waals surface area contributed by atoms with Gasteiger partial charge in [-0.3, -0.25) is 0 Å². The Morgan fingerprint density at radius 3 is 1.87 bits per heavy atom. The van der Waals surface area contributed by atoms with E-state index >= 15 is 0 Å². The molecule has 0 unspecified atom stereocenters. The minimum absolute atomic E-state index is 0.0679. The number of nitrogens with one attached hydrogen (secondary N) is 1. The normalized spacial score (nSPS) is 12.1. The molecule has 0 aliphatic heterocycles. The van der Waals surface area contributed by atoms with Crippen molar-refractivity contribution in [2.45, 2.75) is 16.3 Å². The third-order valence-corrected chi connectivity index (χ3v) is 5.73. The Hall–Kier alpha value is -1.90. The molecule has 0 fully saturated rings. The van der Waals surface area contributed by atoms with Crippen molar-refractivity contribution in [2.24, 2.45) is 0 Å². The van der Waals surface area contributed by atoms with E-state index in [0.29, 0.717) is 11.3 Å². The molecule has 0 radical (unpaired) electrons. The summed E-state index contributed by atoms with van der Waals surface area (Å²) in [6.45, 7) is 0.0679. The average Bonchev–Trinajstić information content (AvgIpc) is 2.53. The van der Waals surface area contributed by atoms with Crippen LogP contribution in [0, 0.1) is 0 Å². The summed E-state index contributed by atoms with van der Waals surface area (Å²) in [6.07, 6.45) is 1.12. The Balaban J connectivity index is 2.09. The van der Waals surface area contributed by atoms with Crippen molar-refractivity contribution in [3.05, 3.63) is 54.1 Å². The molecule has 8 heteroatoms. The molecular formula is C15H17NO5S2. The van der Waals surface area contributed by atoms with Gasteiger partial charge in [-0.1, -0.05) is 12.1 Å². The molecule has 0 heterocycles. The molecular weight excluding hydrogens is 338 g/mol. The highest BCUT2D eigenvalue weighted by Crippen LogP contribution is 2.16. The summed E-state index contributed by atoms with van der Waals surface area (Å²) in [6, 6.07) is 12.1. The zero-order valence-electron chi connectivity index (χ0n) is 12.7. The van der Waals surface area contributed by atoms with Gasteiger partial charge < -0.3 is 4.74 Å². The maximum atomic E-state index is 12.2. The quantitative estimate of drug-likeness (QED) is 0.850. The summed E-state index contributed by atoms with van der Waals surface area (Å²) in [5, 5.41) is 0. The van der Waals surface area contributed by atoms with Gasteiger partial charge in [0.15, 0.2) is 9.84 Å². The Bertz CT molecular complexity index is 870. The Morgan fingerprint density at radius 2 is 1.39 bits per heavy atom. The molecule has 0 aromatic heterocycles. The molecule has 0 atom stereocenters. The molecule has 0 aliphatic rings. The van der Waals surface area contributed by atoms with Crippen LogP contribution in [0.15, 0.2) is 58.3 Å². The van der Waals surface area contributed by atoms with Crippen molar-refractivity contribution in [3.8, 4) is 5.75 Å². The van der Waals surface area contributed by atoms with E-state index in [1.807, 2.05) is 0 Å². The fourth-order valence-electron chi connectivity index (χ4n) is 1.87. The van der Waals surface area contributed by atoms with Crippen molar-refractivity contribution in [1.29, 1.82) is 0 Å². The van der Waals surface area contributed by atoms with Crippen LogP contribution in [0.1, 0.15) is 5.56 Å². The van der Waals surface area contributed by atoms with Gasteiger partial charge >= 0.3 is 0 Å². The highest BCUT2D eigenvalue weighted by molar-refractivity contribution is 7.90. The first-order valence-corrected chi connectivity index (χ1v) is 10.0. The largest absolute Gasteiger partial charge is 0.497 e. The van der Waals surface area contributed by atoms with E-state index in [-0.39, 0.29) is 16.3 Å². The van der Waals surface area contributed by atoms with E-state index in [1.165, 1.54) is 31.4 Å². The van der Waals surface area contributed by atoms with Crippen LogP contribution in [0.3, 0.4) is 0 Å². The van der Waals surface area contributed by atoms with Crippen LogP contribution in [-0.2, 0) is 26.4 Å². The molecule has 0 aliphatic carbocycles. The van der Waals surface area contributed by atoms with Gasteiger partial charge in [-0.15, -0.1) is 0 Å². The van der Waals surface area contributed by atoms with Gasteiger partial charge in [0.2, 0.25) is 10.0 Å². The summed E-state index contributed by atoms with van der Waals surface area (Å²) < 4.78 is 54.6. The van der Waals surface area contributed by atoms with E-state index in [4.69, 9.17) is 4.74 Å².